The Morgan fingerprint density at radius 1 is 1.12 bits per heavy atom. The number of rotatable bonds is 5. The fraction of sp³-hybridized carbons (Fsp3) is 0.263. The number of carbonyl (C=O) groups is 2. The van der Waals surface area contributed by atoms with Gasteiger partial charge in [-0.2, -0.15) is 0 Å². The first-order chi connectivity index (χ1) is 11.8. The smallest absolute Gasteiger partial charge is 0.253 e. The lowest BCUT2D eigenvalue weighted by Crippen LogP contribution is -2.23. The number of carbonyl (C=O) groups excluding carboxylic acids is 2. The molecule has 2 rings (SSSR count). The highest BCUT2D eigenvalue weighted by Gasteiger charge is 2.15. The van der Waals surface area contributed by atoms with Gasteiger partial charge in [-0.15, -0.1) is 0 Å². The van der Waals surface area contributed by atoms with Crippen molar-refractivity contribution in [3.8, 4) is 0 Å². The lowest BCUT2D eigenvalue weighted by atomic mass is 10.0. The van der Waals surface area contributed by atoms with Gasteiger partial charge in [0.15, 0.2) is 0 Å². The molecule has 0 aliphatic carbocycles. The summed E-state index contributed by atoms with van der Waals surface area (Å²) < 4.78 is 26.5. The van der Waals surface area contributed by atoms with Gasteiger partial charge in [-0.1, -0.05) is 12.1 Å². The standard InChI is InChI=1S/C19H20F2N2O2/c1-12-15(19(25)23(2)3)5-4-6-17(12)22-18(24)10-8-13-7-9-14(20)11-16(13)21/h4-7,9,11H,8,10H2,1-3H3,(H,22,24). The first kappa shape index (κ1) is 18.6. The van der Waals surface area contributed by atoms with E-state index in [0.29, 0.717) is 16.8 Å². The summed E-state index contributed by atoms with van der Waals surface area (Å²) in [6.45, 7) is 1.76. The zero-order valence-corrected chi connectivity index (χ0v) is 14.4. The van der Waals surface area contributed by atoms with Gasteiger partial charge < -0.3 is 10.2 Å². The summed E-state index contributed by atoms with van der Waals surface area (Å²) in [6.07, 6.45) is 0.209. The van der Waals surface area contributed by atoms with Gasteiger partial charge in [0.2, 0.25) is 5.91 Å². The van der Waals surface area contributed by atoms with E-state index in [1.165, 1.54) is 11.0 Å². The first-order valence-corrected chi connectivity index (χ1v) is 7.84. The van der Waals surface area contributed by atoms with Crippen molar-refractivity contribution in [2.45, 2.75) is 19.8 Å². The van der Waals surface area contributed by atoms with Crippen molar-refractivity contribution in [2.24, 2.45) is 0 Å². The fourth-order valence-electron chi connectivity index (χ4n) is 2.43. The molecule has 0 radical (unpaired) electrons. The second kappa shape index (κ2) is 7.88. The van der Waals surface area contributed by atoms with Crippen molar-refractivity contribution < 1.29 is 18.4 Å². The molecular formula is C19H20F2N2O2. The zero-order chi connectivity index (χ0) is 18.6. The third kappa shape index (κ3) is 4.62. The Morgan fingerprint density at radius 2 is 1.84 bits per heavy atom. The van der Waals surface area contributed by atoms with Crippen LogP contribution in [-0.4, -0.2) is 30.8 Å². The van der Waals surface area contributed by atoms with Gasteiger partial charge in [0.25, 0.3) is 5.91 Å². The molecule has 0 heterocycles. The van der Waals surface area contributed by atoms with Gasteiger partial charge >= 0.3 is 0 Å². The fourth-order valence-corrected chi connectivity index (χ4v) is 2.43. The Bertz CT molecular complexity index is 804. The average molecular weight is 346 g/mol. The minimum absolute atomic E-state index is 0.0495. The highest BCUT2D eigenvalue weighted by molar-refractivity contribution is 5.99. The van der Waals surface area contributed by atoms with Crippen LogP contribution >= 0.6 is 0 Å². The van der Waals surface area contributed by atoms with E-state index in [9.17, 15) is 18.4 Å². The number of hydrogen-bond donors (Lipinski definition) is 1. The highest BCUT2D eigenvalue weighted by Crippen LogP contribution is 2.20. The second-order valence-corrected chi connectivity index (χ2v) is 5.96. The van der Waals surface area contributed by atoms with Crippen LogP contribution in [0, 0.1) is 18.6 Å². The Balaban J connectivity index is 2.05. The van der Waals surface area contributed by atoms with E-state index in [1.54, 1.807) is 39.2 Å². The van der Waals surface area contributed by atoms with Gasteiger partial charge in [-0.25, -0.2) is 8.78 Å². The number of nitrogens with one attached hydrogen (secondary N) is 1. The van der Waals surface area contributed by atoms with Crippen molar-refractivity contribution in [2.75, 3.05) is 19.4 Å². The molecule has 0 aliphatic rings. The lowest BCUT2D eigenvalue weighted by molar-refractivity contribution is -0.116. The predicted octanol–water partition coefficient (Wildman–Crippen LogP) is 3.55. The molecule has 0 spiro atoms. The van der Waals surface area contributed by atoms with E-state index in [-0.39, 0.29) is 30.2 Å². The predicted molar refractivity (Wildman–Crippen MR) is 92.5 cm³/mol. The topological polar surface area (TPSA) is 49.4 Å². The monoisotopic (exact) mass is 346 g/mol. The summed E-state index contributed by atoms with van der Waals surface area (Å²) in [5.74, 6) is -1.77. The van der Waals surface area contributed by atoms with Gasteiger partial charge in [-0.3, -0.25) is 9.59 Å². The first-order valence-electron chi connectivity index (χ1n) is 7.84. The summed E-state index contributed by atoms with van der Waals surface area (Å²) >= 11 is 0. The van der Waals surface area contributed by atoms with Crippen LogP contribution in [0.4, 0.5) is 14.5 Å². The molecule has 0 aliphatic heterocycles. The Labute approximate surface area is 145 Å². The normalized spacial score (nSPS) is 10.4. The van der Waals surface area contributed by atoms with Crippen LogP contribution in [0.2, 0.25) is 0 Å². The SMILES string of the molecule is Cc1c(NC(=O)CCc2ccc(F)cc2F)cccc1C(=O)N(C)C. The highest BCUT2D eigenvalue weighted by atomic mass is 19.1. The molecule has 25 heavy (non-hydrogen) atoms. The van der Waals surface area contributed by atoms with E-state index in [2.05, 4.69) is 5.32 Å². The molecule has 0 atom stereocenters. The maximum atomic E-state index is 13.6. The van der Waals surface area contributed by atoms with Crippen LogP contribution < -0.4 is 5.32 Å². The van der Waals surface area contributed by atoms with Crippen LogP contribution in [0.3, 0.4) is 0 Å². The van der Waals surface area contributed by atoms with Crippen LogP contribution in [0.1, 0.15) is 27.9 Å². The van der Waals surface area contributed by atoms with Crippen molar-refractivity contribution in [3.05, 3.63) is 64.7 Å². The second-order valence-electron chi connectivity index (χ2n) is 5.96. The van der Waals surface area contributed by atoms with Crippen LogP contribution in [0.5, 0.6) is 0 Å². The molecule has 132 valence electrons. The minimum Gasteiger partial charge on any atom is -0.345 e. The zero-order valence-electron chi connectivity index (χ0n) is 14.4. The number of anilines is 1. The van der Waals surface area contributed by atoms with E-state index < -0.39 is 11.6 Å². The average Bonchev–Trinajstić information content (AvgIpc) is 2.55. The summed E-state index contributed by atoms with van der Waals surface area (Å²) in [6, 6.07) is 8.39. The van der Waals surface area contributed by atoms with E-state index in [4.69, 9.17) is 0 Å². The molecule has 2 amide bonds. The number of amides is 2. The number of benzene rings is 2. The maximum absolute atomic E-state index is 13.6. The van der Waals surface area contributed by atoms with Crippen molar-refractivity contribution in [3.63, 3.8) is 0 Å². The summed E-state index contributed by atoms with van der Waals surface area (Å²) in [5, 5.41) is 2.74. The molecule has 0 bridgehead atoms. The van der Waals surface area contributed by atoms with Crippen LogP contribution in [-0.2, 0) is 11.2 Å². The Morgan fingerprint density at radius 3 is 2.48 bits per heavy atom. The van der Waals surface area contributed by atoms with Crippen LogP contribution in [0.15, 0.2) is 36.4 Å². The Hall–Kier alpha value is -2.76. The Kier molecular flexibility index (Phi) is 5.85. The minimum atomic E-state index is -0.664. The van der Waals surface area contributed by atoms with Gasteiger partial charge in [0.1, 0.15) is 11.6 Å². The van der Waals surface area contributed by atoms with Gasteiger partial charge in [0.05, 0.1) is 0 Å². The molecule has 2 aromatic rings. The lowest BCUT2D eigenvalue weighted by Gasteiger charge is -2.15. The molecule has 0 saturated heterocycles. The number of halogens is 2. The molecule has 0 unspecified atom stereocenters. The molecule has 2 aromatic carbocycles. The maximum Gasteiger partial charge on any atom is 0.253 e. The van der Waals surface area contributed by atoms with Crippen molar-refractivity contribution >= 4 is 17.5 Å². The largest absolute Gasteiger partial charge is 0.345 e. The van der Waals surface area contributed by atoms with E-state index in [0.717, 1.165) is 12.1 Å². The van der Waals surface area contributed by atoms with Crippen LogP contribution in [0.25, 0.3) is 0 Å². The molecule has 1 N–H and O–H groups in total. The molecule has 0 saturated carbocycles. The summed E-state index contributed by atoms with van der Waals surface area (Å²) in [7, 11) is 3.31. The summed E-state index contributed by atoms with van der Waals surface area (Å²) in [5.41, 5.74) is 2.00. The molecular weight excluding hydrogens is 326 g/mol. The quantitative estimate of drug-likeness (QED) is 0.900. The van der Waals surface area contributed by atoms with Crippen molar-refractivity contribution in [1.82, 2.24) is 4.90 Å². The van der Waals surface area contributed by atoms with Gasteiger partial charge in [-0.05, 0) is 42.7 Å². The molecule has 6 heteroatoms. The van der Waals surface area contributed by atoms with E-state index >= 15 is 0 Å². The van der Waals surface area contributed by atoms with Crippen molar-refractivity contribution in [1.29, 1.82) is 0 Å². The molecule has 4 nitrogen and oxygen atoms in total. The summed E-state index contributed by atoms with van der Waals surface area (Å²) in [4.78, 5) is 25.7. The molecule has 0 aromatic heterocycles. The number of aryl methyl sites for hydroxylation is 1. The third-order valence-electron chi connectivity index (χ3n) is 3.88. The number of nitrogens with zero attached hydrogens (tertiary/aromatic N) is 1. The number of hydrogen-bond acceptors (Lipinski definition) is 2. The molecule has 0 fully saturated rings. The van der Waals surface area contributed by atoms with Gasteiger partial charge in [0, 0.05) is 37.8 Å². The third-order valence-corrected chi connectivity index (χ3v) is 3.88. The van der Waals surface area contributed by atoms with E-state index in [1.807, 2.05) is 0 Å².